The molecule has 86 valence electrons. The van der Waals surface area contributed by atoms with E-state index in [4.69, 9.17) is 0 Å². The molecule has 0 N–H and O–H groups in total. The minimum atomic E-state index is -5.46. The fourth-order valence-electron chi connectivity index (χ4n) is 1.38. The lowest BCUT2D eigenvalue weighted by Crippen LogP contribution is -2.34. The van der Waals surface area contributed by atoms with E-state index in [1.54, 1.807) is 0 Å². The van der Waals surface area contributed by atoms with Crippen LogP contribution in [0.2, 0.25) is 18.1 Å². The zero-order chi connectivity index (χ0) is 11.9. The molecule has 0 saturated carbocycles. The zero-order valence-corrected chi connectivity index (χ0v) is 10.4. The highest BCUT2D eigenvalue weighted by Gasteiger charge is 2.40. The number of hydrogen-bond acceptors (Lipinski definition) is 2. The Morgan fingerprint density at radius 1 is 1.07 bits per heavy atom. The molecule has 0 aliphatic carbocycles. The summed E-state index contributed by atoms with van der Waals surface area (Å²) < 4.78 is 39.8. The summed E-state index contributed by atoms with van der Waals surface area (Å²) in [5, 5.41) is 0. The molecule has 0 radical (unpaired) electrons. The molecule has 0 rings (SSSR count). The zero-order valence-electron chi connectivity index (χ0n) is 8.49. The van der Waals surface area contributed by atoms with Gasteiger partial charge in [0.1, 0.15) is 0 Å². The standard InChI is InChI=1S/C9H15F2O2PSi/c1-4-7-15(8-5-2,9-6-3)13-14(10,11)12/h4-6H,1-3,7-9H2. The average Bonchev–Trinajstić information content (AvgIpc) is 2.01. The van der Waals surface area contributed by atoms with Crippen molar-refractivity contribution in [2.45, 2.75) is 18.1 Å². The Bertz CT molecular complexity index is 261. The Labute approximate surface area is 90.2 Å². The van der Waals surface area contributed by atoms with Crippen molar-refractivity contribution in [1.29, 1.82) is 0 Å². The van der Waals surface area contributed by atoms with Crippen LogP contribution in [0.3, 0.4) is 0 Å². The monoisotopic (exact) mass is 252 g/mol. The molecule has 0 aromatic rings. The van der Waals surface area contributed by atoms with E-state index in [2.05, 4.69) is 23.9 Å². The van der Waals surface area contributed by atoms with E-state index in [9.17, 15) is 13.0 Å². The molecule has 0 atom stereocenters. The van der Waals surface area contributed by atoms with Crippen LogP contribution in [0, 0.1) is 0 Å². The smallest absolute Gasteiger partial charge is 0.322 e. The lowest BCUT2D eigenvalue weighted by atomic mass is 10.7. The van der Waals surface area contributed by atoms with E-state index in [1.807, 2.05) is 0 Å². The molecule has 0 aromatic heterocycles. The van der Waals surface area contributed by atoms with E-state index in [1.165, 1.54) is 18.2 Å². The molecule has 0 unspecified atom stereocenters. The molecule has 0 spiro atoms. The van der Waals surface area contributed by atoms with Crippen LogP contribution < -0.4 is 0 Å². The molecule has 0 fully saturated rings. The Hall–Kier alpha value is -0.513. The highest BCUT2D eigenvalue weighted by Crippen LogP contribution is 2.54. The fraction of sp³-hybridized carbons (Fsp3) is 0.333. The van der Waals surface area contributed by atoms with Gasteiger partial charge in [-0.2, -0.15) is 0 Å². The van der Waals surface area contributed by atoms with Gasteiger partial charge in [0.05, 0.1) is 0 Å². The quantitative estimate of drug-likeness (QED) is 0.360. The van der Waals surface area contributed by atoms with E-state index in [0.717, 1.165) is 0 Å². The average molecular weight is 252 g/mol. The van der Waals surface area contributed by atoms with Gasteiger partial charge in [0, 0.05) is 0 Å². The second-order valence-electron chi connectivity index (χ2n) is 3.17. The van der Waals surface area contributed by atoms with Crippen molar-refractivity contribution in [3.63, 3.8) is 0 Å². The number of hydrogen-bond donors (Lipinski definition) is 0. The second-order valence-corrected chi connectivity index (χ2v) is 8.32. The molecule has 0 aliphatic heterocycles. The first-order valence-corrected chi connectivity index (χ1v) is 8.35. The van der Waals surface area contributed by atoms with Crippen LogP contribution in [0.5, 0.6) is 0 Å². The second kappa shape index (κ2) is 6.15. The number of halogens is 2. The summed E-state index contributed by atoms with van der Waals surface area (Å²) in [6.07, 6.45) is 4.53. The van der Waals surface area contributed by atoms with Gasteiger partial charge in [-0.25, -0.2) is 4.57 Å². The van der Waals surface area contributed by atoms with Crippen molar-refractivity contribution >= 4 is 16.3 Å². The van der Waals surface area contributed by atoms with E-state index in [-0.39, 0.29) is 0 Å². The van der Waals surface area contributed by atoms with Crippen LogP contribution >= 0.6 is 7.99 Å². The first kappa shape index (κ1) is 14.5. The van der Waals surface area contributed by atoms with Crippen molar-refractivity contribution in [1.82, 2.24) is 0 Å². The fourth-order valence-corrected chi connectivity index (χ4v) is 6.15. The molecule has 0 aliphatic rings. The van der Waals surface area contributed by atoms with Crippen LogP contribution in [-0.2, 0) is 8.78 Å². The molecule has 0 amide bonds. The summed E-state index contributed by atoms with van der Waals surface area (Å²) in [6, 6.07) is 0.925. The lowest BCUT2D eigenvalue weighted by Gasteiger charge is -2.26. The minimum absolute atomic E-state index is 0.308. The molecular formula is C9H15F2O2PSi. The van der Waals surface area contributed by atoms with Crippen molar-refractivity contribution in [2.75, 3.05) is 0 Å². The molecule has 0 heterocycles. The van der Waals surface area contributed by atoms with Crippen LogP contribution in [-0.4, -0.2) is 8.32 Å². The molecule has 0 saturated heterocycles. The van der Waals surface area contributed by atoms with Crippen molar-refractivity contribution in [3.8, 4) is 0 Å². The third-order valence-electron chi connectivity index (χ3n) is 1.85. The number of allylic oxidation sites excluding steroid dienone is 3. The van der Waals surface area contributed by atoms with Gasteiger partial charge in [-0.3, -0.25) is 0 Å². The Morgan fingerprint density at radius 2 is 1.40 bits per heavy atom. The maximum atomic E-state index is 12.5. The van der Waals surface area contributed by atoms with Crippen molar-refractivity contribution in [2.24, 2.45) is 0 Å². The summed E-state index contributed by atoms with van der Waals surface area (Å²) in [4.78, 5) is 0. The molecule has 6 heteroatoms. The Kier molecular flexibility index (Phi) is 5.94. The highest BCUT2D eigenvalue weighted by molar-refractivity contribution is 7.49. The highest BCUT2D eigenvalue weighted by atomic mass is 31.2. The van der Waals surface area contributed by atoms with E-state index < -0.39 is 16.3 Å². The van der Waals surface area contributed by atoms with Crippen LogP contribution in [0.25, 0.3) is 0 Å². The minimum Gasteiger partial charge on any atom is -0.322 e. The van der Waals surface area contributed by atoms with Gasteiger partial charge in [0.25, 0.3) is 0 Å². The molecule has 2 nitrogen and oxygen atoms in total. The van der Waals surface area contributed by atoms with Gasteiger partial charge in [0.15, 0.2) is 0 Å². The Balaban J connectivity index is 4.90. The van der Waals surface area contributed by atoms with Crippen LogP contribution in [0.15, 0.2) is 38.0 Å². The predicted molar refractivity (Wildman–Crippen MR) is 61.7 cm³/mol. The summed E-state index contributed by atoms with van der Waals surface area (Å²) >= 11 is 0. The molecule has 0 aromatic carbocycles. The summed E-state index contributed by atoms with van der Waals surface area (Å²) in [7, 11) is -8.26. The summed E-state index contributed by atoms with van der Waals surface area (Å²) in [6.45, 7) is 10.5. The topological polar surface area (TPSA) is 26.3 Å². The van der Waals surface area contributed by atoms with Gasteiger partial charge in [-0.15, -0.1) is 28.1 Å². The largest absolute Gasteiger partial charge is 0.541 e. The van der Waals surface area contributed by atoms with Gasteiger partial charge < -0.3 is 4.21 Å². The molecule has 0 bridgehead atoms. The SMILES string of the molecule is C=CC[Si](CC=C)(CC=C)OP(=O)(F)F. The first-order chi connectivity index (χ1) is 6.89. The van der Waals surface area contributed by atoms with Gasteiger partial charge in [-0.1, -0.05) is 18.2 Å². The first-order valence-electron chi connectivity index (χ1n) is 4.42. The van der Waals surface area contributed by atoms with Crippen molar-refractivity contribution < 1.29 is 17.2 Å². The van der Waals surface area contributed by atoms with Gasteiger partial charge in [-0.05, 0) is 18.1 Å². The van der Waals surface area contributed by atoms with E-state index in [0.29, 0.717) is 18.1 Å². The van der Waals surface area contributed by atoms with Gasteiger partial charge in [0.2, 0.25) is 8.32 Å². The summed E-state index contributed by atoms with van der Waals surface area (Å²) in [5.41, 5.74) is 0. The Morgan fingerprint density at radius 3 is 1.60 bits per heavy atom. The van der Waals surface area contributed by atoms with E-state index >= 15 is 0 Å². The van der Waals surface area contributed by atoms with Crippen LogP contribution in [0.4, 0.5) is 8.39 Å². The molecule has 15 heavy (non-hydrogen) atoms. The maximum absolute atomic E-state index is 12.5. The summed E-state index contributed by atoms with van der Waals surface area (Å²) in [5.74, 6) is 0. The van der Waals surface area contributed by atoms with Crippen LogP contribution in [0.1, 0.15) is 0 Å². The predicted octanol–water partition coefficient (Wildman–Crippen LogP) is 4.55. The van der Waals surface area contributed by atoms with Gasteiger partial charge >= 0.3 is 7.99 Å². The molecular weight excluding hydrogens is 237 g/mol. The third-order valence-corrected chi connectivity index (χ3v) is 7.35. The van der Waals surface area contributed by atoms with Crippen molar-refractivity contribution in [3.05, 3.63) is 38.0 Å². The normalized spacial score (nSPS) is 12.1. The third kappa shape index (κ3) is 5.82. The number of rotatable bonds is 8. The maximum Gasteiger partial charge on any atom is 0.541 e. The lowest BCUT2D eigenvalue weighted by molar-refractivity contribution is 0.377.